The van der Waals surface area contributed by atoms with Crippen molar-refractivity contribution in [1.29, 1.82) is 0 Å². The van der Waals surface area contributed by atoms with Crippen molar-refractivity contribution < 1.29 is 14.0 Å². The molecule has 0 aliphatic carbocycles. The van der Waals surface area contributed by atoms with Crippen molar-refractivity contribution in [3.8, 4) is 0 Å². The lowest BCUT2D eigenvalue weighted by Gasteiger charge is -2.21. The minimum Gasteiger partial charge on any atom is -0.466 e. The molecule has 19 heavy (non-hydrogen) atoms. The van der Waals surface area contributed by atoms with Crippen LogP contribution in [0.25, 0.3) is 0 Å². The van der Waals surface area contributed by atoms with E-state index in [-0.39, 0.29) is 11.8 Å². The largest absolute Gasteiger partial charge is 0.466 e. The summed E-state index contributed by atoms with van der Waals surface area (Å²) in [6.45, 7) is 7.82. The van der Waals surface area contributed by atoms with Gasteiger partial charge in [0.25, 0.3) is 5.91 Å². The van der Waals surface area contributed by atoms with Gasteiger partial charge >= 0.3 is 0 Å². The van der Waals surface area contributed by atoms with E-state index in [9.17, 15) is 9.59 Å². The second kappa shape index (κ2) is 5.47. The van der Waals surface area contributed by atoms with Crippen LogP contribution in [0.15, 0.2) is 10.5 Å². The standard InChI is InChI=1S/C14H20N2O3/c1-10-9-13(11(2)19-10)14(18)16-6-4-5-15(7-8-16)12(3)17/h9H,4-8H2,1-3H3. The molecule has 2 amide bonds. The maximum absolute atomic E-state index is 12.4. The molecule has 0 radical (unpaired) electrons. The van der Waals surface area contributed by atoms with Gasteiger partial charge in [0.2, 0.25) is 5.91 Å². The highest BCUT2D eigenvalue weighted by molar-refractivity contribution is 5.95. The summed E-state index contributed by atoms with van der Waals surface area (Å²) in [7, 11) is 0. The van der Waals surface area contributed by atoms with Gasteiger partial charge in [0.1, 0.15) is 11.5 Å². The number of aryl methyl sites for hydroxylation is 2. The first-order valence-electron chi connectivity index (χ1n) is 6.61. The zero-order valence-electron chi connectivity index (χ0n) is 11.7. The van der Waals surface area contributed by atoms with Crippen LogP contribution in [0.3, 0.4) is 0 Å². The molecule has 1 fully saturated rings. The Kier molecular flexibility index (Phi) is 3.93. The Morgan fingerprint density at radius 2 is 1.74 bits per heavy atom. The van der Waals surface area contributed by atoms with Crippen molar-refractivity contribution in [3.05, 3.63) is 23.2 Å². The van der Waals surface area contributed by atoms with E-state index < -0.39 is 0 Å². The van der Waals surface area contributed by atoms with Crippen molar-refractivity contribution in [2.45, 2.75) is 27.2 Å². The smallest absolute Gasteiger partial charge is 0.257 e. The molecule has 1 aliphatic rings. The molecule has 5 nitrogen and oxygen atoms in total. The quantitative estimate of drug-likeness (QED) is 0.774. The Balaban J connectivity index is 2.08. The predicted molar refractivity (Wildman–Crippen MR) is 71.0 cm³/mol. The van der Waals surface area contributed by atoms with Gasteiger partial charge in [0, 0.05) is 33.1 Å². The normalized spacial score (nSPS) is 16.4. The molecule has 2 rings (SSSR count). The Bertz CT molecular complexity index is 493. The molecule has 0 atom stereocenters. The van der Waals surface area contributed by atoms with Gasteiger partial charge in [-0.3, -0.25) is 9.59 Å². The molecule has 1 aliphatic heterocycles. The Labute approximate surface area is 113 Å². The Hall–Kier alpha value is -1.78. The first-order chi connectivity index (χ1) is 8.99. The molecule has 104 valence electrons. The summed E-state index contributed by atoms with van der Waals surface area (Å²) in [5.74, 6) is 1.49. The van der Waals surface area contributed by atoms with Gasteiger partial charge in [-0.15, -0.1) is 0 Å². The summed E-state index contributed by atoms with van der Waals surface area (Å²) in [5, 5.41) is 0. The topological polar surface area (TPSA) is 53.8 Å². The van der Waals surface area contributed by atoms with Crippen molar-refractivity contribution in [1.82, 2.24) is 9.80 Å². The molecular weight excluding hydrogens is 244 g/mol. The van der Waals surface area contributed by atoms with Crippen molar-refractivity contribution in [2.75, 3.05) is 26.2 Å². The number of carbonyl (C=O) groups is 2. The van der Waals surface area contributed by atoms with Crippen LogP contribution in [0.4, 0.5) is 0 Å². The fourth-order valence-corrected chi connectivity index (χ4v) is 2.45. The minimum absolute atomic E-state index is 0.000230. The van der Waals surface area contributed by atoms with Gasteiger partial charge in [-0.25, -0.2) is 0 Å². The van der Waals surface area contributed by atoms with Crippen LogP contribution >= 0.6 is 0 Å². The molecule has 0 N–H and O–H groups in total. The zero-order valence-corrected chi connectivity index (χ0v) is 11.7. The van der Waals surface area contributed by atoms with Crippen LogP contribution in [0.1, 0.15) is 35.2 Å². The van der Waals surface area contributed by atoms with Gasteiger partial charge in [-0.05, 0) is 26.3 Å². The number of amides is 2. The molecule has 0 unspecified atom stereocenters. The summed E-state index contributed by atoms with van der Waals surface area (Å²) in [5.41, 5.74) is 0.633. The van der Waals surface area contributed by atoms with E-state index in [1.807, 2.05) is 6.92 Å². The van der Waals surface area contributed by atoms with E-state index >= 15 is 0 Å². The number of nitrogens with zero attached hydrogens (tertiary/aromatic N) is 2. The number of carbonyl (C=O) groups excluding carboxylic acids is 2. The Morgan fingerprint density at radius 1 is 1.11 bits per heavy atom. The lowest BCUT2D eigenvalue weighted by Crippen LogP contribution is -2.36. The maximum atomic E-state index is 12.4. The summed E-state index contributed by atoms with van der Waals surface area (Å²) in [4.78, 5) is 27.4. The van der Waals surface area contributed by atoms with Crippen LogP contribution < -0.4 is 0 Å². The molecular formula is C14H20N2O3. The second-order valence-electron chi connectivity index (χ2n) is 4.98. The predicted octanol–water partition coefficient (Wildman–Crippen LogP) is 1.59. The third-order valence-electron chi connectivity index (χ3n) is 3.50. The number of rotatable bonds is 1. The fraction of sp³-hybridized carbons (Fsp3) is 0.571. The number of hydrogen-bond donors (Lipinski definition) is 0. The highest BCUT2D eigenvalue weighted by Crippen LogP contribution is 2.17. The molecule has 1 aromatic heterocycles. The third-order valence-corrected chi connectivity index (χ3v) is 3.50. The van der Waals surface area contributed by atoms with Gasteiger partial charge in [0.15, 0.2) is 0 Å². The molecule has 2 heterocycles. The first kappa shape index (κ1) is 13.6. The lowest BCUT2D eigenvalue weighted by atomic mass is 10.2. The molecule has 0 saturated carbocycles. The molecule has 1 saturated heterocycles. The van der Waals surface area contributed by atoms with Crippen molar-refractivity contribution in [3.63, 3.8) is 0 Å². The average Bonchev–Trinajstić information content (AvgIpc) is 2.57. The van der Waals surface area contributed by atoms with E-state index in [0.29, 0.717) is 31.0 Å². The zero-order chi connectivity index (χ0) is 14.0. The van der Waals surface area contributed by atoms with Gasteiger partial charge in [0.05, 0.1) is 5.56 Å². The van der Waals surface area contributed by atoms with Crippen molar-refractivity contribution in [2.24, 2.45) is 0 Å². The molecule has 1 aromatic rings. The highest BCUT2D eigenvalue weighted by atomic mass is 16.3. The van der Waals surface area contributed by atoms with Crippen LogP contribution in [0, 0.1) is 13.8 Å². The van der Waals surface area contributed by atoms with Crippen LogP contribution in [0.5, 0.6) is 0 Å². The Morgan fingerprint density at radius 3 is 2.32 bits per heavy atom. The SMILES string of the molecule is CC(=O)N1CCCN(C(=O)c2cc(C)oc2C)CC1. The van der Waals surface area contributed by atoms with Crippen LogP contribution in [0.2, 0.25) is 0 Å². The van der Waals surface area contributed by atoms with Gasteiger partial charge in [-0.1, -0.05) is 0 Å². The van der Waals surface area contributed by atoms with Crippen LogP contribution in [-0.2, 0) is 4.79 Å². The van der Waals surface area contributed by atoms with E-state index in [1.165, 1.54) is 0 Å². The molecule has 0 spiro atoms. The van der Waals surface area contributed by atoms with Gasteiger partial charge in [-0.2, -0.15) is 0 Å². The fourth-order valence-electron chi connectivity index (χ4n) is 2.45. The molecule has 0 aromatic carbocycles. The third kappa shape index (κ3) is 2.97. The van der Waals surface area contributed by atoms with Gasteiger partial charge < -0.3 is 14.2 Å². The first-order valence-corrected chi connectivity index (χ1v) is 6.61. The van der Waals surface area contributed by atoms with E-state index in [4.69, 9.17) is 4.42 Å². The summed E-state index contributed by atoms with van der Waals surface area (Å²) in [6.07, 6.45) is 0.821. The second-order valence-corrected chi connectivity index (χ2v) is 4.98. The maximum Gasteiger partial charge on any atom is 0.257 e. The van der Waals surface area contributed by atoms with E-state index in [2.05, 4.69) is 0 Å². The van der Waals surface area contributed by atoms with Crippen LogP contribution in [-0.4, -0.2) is 47.8 Å². The average molecular weight is 264 g/mol. The minimum atomic E-state index is -0.000230. The highest BCUT2D eigenvalue weighted by Gasteiger charge is 2.23. The molecule has 5 heteroatoms. The molecule has 0 bridgehead atoms. The lowest BCUT2D eigenvalue weighted by molar-refractivity contribution is -0.128. The number of hydrogen-bond acceptors (Lipinski definition) is 3. The van der Waals surface area contributed by atoms with Crippen molar-refractivity contribution >= 4 is 11.8 Å². The van der Waals surface area contributed by atoms with E-state index in [0.717, 1.165) is 18.7 Å². The monoisotopic (exact) mass is 264 g/mol. The summed E-state index contributed by atoms with van der Waals surface area (Å²) in [6, 6.07) is 1.78. The summed E-state index contributed by atoms with van der Waals surface area (Å²) < 4.78 is 5.41. The van der Waals surface area contributed by atoms with E-state index in [1.54, 1.807) is 29.7 Å². The number of furan rings is 1. The summed E-state index contributed by atoms with van der Waals surface area (Å²) >= 11 is 0.